The van der Waals surface area contributed by atoms with Crippen LogP contribution in [0, 0.1) is 5.92 Å². The van der Waals surface area contributed by atoms with Crippen LogP contribution < -0.4 is 0 Å². The zero-order valence-corrected chi connectivity index (χ0v) is 19.3. The van der Waals surface area contributed by atoms with Crippen molar-refractivity contribution in [1.29, 1.82) is 0 Å². The first-order chi connectivity index (χ1) is 15.1. The number of imidazole rings is 1. The van der Waals surface area contributed by atoms with Crippen LogP contribution >= 0.6 is 0 Å². The molecule has 1 aromatic heterocycles. The average Bonchev–Trinajstić information content (AvgIpc) is 3.16. The van der Waals surface area contributed by atoms with E-state index in [1.165, 1.54) is 42.8 Å². The molecule has 1 aromatic carbocycles. The Kier molecular flexibility index (Phi) is 6.07. The van der Waals surface area contributed by atoms with Gasteiger partial charge in [-0.15, -0.1) is 0 Å². The Labute approximate surface area is 185 Å². The highest BCUT2D eigenvalue weighted by atomic mass is 32.2. The minimum atomic E-state index is -3.51. The van der Waals surface area contributed by atoms with Crippen molar-refractivity contribution in [3.63, 3.8) is 0 Å². The van der Waals surface area contributed by atoms with Crippen molar-refractivity contribution in [1.82, 2.24) is 18.8 Å². The van der Waals surface area contributed by atoms with E-state index in [1.807, 2.05) is 6.07 Å². The summed E-state index contributed by atoms with van der Waals surface area (Å²) in [4.78, 5) is 7.93. The van der Waals surface area contributed by atoms with Crippen LogP contribution in [0.3, 0.4) is 0 Å². The fourth-order valence-electron chi connectivity index (χ4n) is 5.84. The molecule has 2 atom stereocenters. The van der Waals surface area contributed by atoms with E-state index in [1.54, 1.807) is 12.1 Å². The highest BCUT2D eigenvalue weighted by Gasteiger charge is 2.34. The van der Waals surface area contributed by atoms with Crippen LogP contribution in [0.4, 0.5) is 0 Å². The van der Waals surface area contributed by atoms with Crippen molar-refractivity contribution in [3.05, 3.63) is 24.0 Å². The number of likely N-dealkylation sites (tertiary alicyclic amines) is 1. The molecule has 0 bridgehead atoms. The third-order valence-electron chi connectivity index (χ3n) is 7.43. The number of hydrogen-bond donors (Lipinski definition) is 0. The van der Waals surface area contributed by atoms with Crippen LogP contribution in [0.1, 0.15) is 51.3 Å². The number of fused-ring (bicyclic) bond motifs is 2. The Morgan fingerprint density at radius 3 is 2.65 bits per heavy atom. The Morgan fingerprint density at radius 1 is 1.06 bits per heavy atom. The fraction of sp³-hybridized carbons (Fsp3) is 0.696. The van der Waals surface area contributed by atoms with E-state index in [9.17, 15) is 8.42 Å². The molecule has 31 heavy (non-hydrogen) atoms. The molecular weight excluding hydrogens is 412 g/mol. The molecule has 2 saturated heterocycles. The molecule has 7 nitrogen and oxygen atoms in total. The summed E-state index contributed by atoms with van der Waals surface area (Å²) in [7, 11) is -3.51. The lowest BCUT2D eigenvalue weighted by molar-refractivity contribution is 0.0520. The van der Waals surface area contributed by atoms with Crippen LogP contribution in [0.15, 0.2) is 23.1 Å². The Bertz CT molecular complexity index is 1030. The smallest absolute Gasteiger partial charge is 0.243 e. The number of ether oxygens (including phenoxy) is 1. The molecule has 1 aliphatic carbocycles. The molecule has 0 unspecified atom stereocenters. The van der Waals surface area contributed by atoms with Crippen molar-refractivity contribution in [2.75, 3.05) is 32.8 Å². The van der Waals surface area contributed by atoms with E-state index in [2.05, 4.69) is 16.4 Å². The van der Waals surface area contributed by atoms with Gasteiger partial charge in [-0.2, -0.15) is 4.31 Å². The minimum absolute atomic E-state index is 0.333. The molecule has 3 aliphatic rings. The van der Waals surface area contributed by atoms with Gasteiger partial charge in [0.05, 0.1) is 35.7 Å². The second-order valence-corrected chi connectivity index (χ2v) is 11.1. The normalized spacial score (nSPS) is 26.2. The van der Waals surface area contributed by atoms with E-state index in [4.69, 9.17) is 9.72 Å². The maximum atomic E-state index is 13.1. The number of aryl methyl sites for hydroxylation is 1. The number of hydrogen-bond acceptors (Lipinski definition) is 5. The van der Waals surface area contributed by atoms with Crippen LogP contribution in [-0.4, -0.2) is 66.1 Å². The first kappa shape index (κ1) is 21.4. The Hall–Kier alpha value is -1.48. The summed E-state index contributed by atoms with van der Waals surface area (Å²) in [5.41, 5.74) is 1.80. The minimum Gasteiger partial charge on any atom is -0.379 e. The molecule has 170 valence electrons. The molecule has 3 heterocycles. The van der Waals surface area contributed by atoms with Gasteiger partial charge in [-0.1, -0.05) is 12.8 Å². The van der Waals surface area contributed by atoms with Gasteiger partial charge in [-0.3, -0.25) is 4.90 Å². The number of piperidine rings is 1. The molecule has 1 saturated carbocycles. The summed E-state index contributed by atoms with van der Waals surface area (Å²) in [6.45, 7) is 6.70. The largest absolute Gasteiger partial charge is 0.379 e. The van der Waals surface area contributed by atoms with Crippen molar-refractivity contribution >= 4 is 21.1 Å². The van der Waals surface area contributed by atoms with Gasteiger partial charge in [0, 0.05) is 25.7 Å². The Morgan fingerprint density at radius 2 is 1.84 bits per heavy atom. The summed E-state index contributed by atoms with van der Waals surface area (Å²) in [5.74, 6) is 1.90. The molecule has 0 amide bonds. The predicted octanol–water partition coefficient (Wildman–Crippen LogP) is 3.23. The Balaban J connectivity index is 1.44. The second-order valence-electron chi connectivity index (χ2n) is 9.16. The fourth-order valence-corrected chi connectivity index (χ4v) is 7.26. The van der Waals surface area contributed by atoms with Crippen LogP contribution in [0.25, 0.3) is 11.0 Å². The molecule has 8 heteroatoms. The van der Waals surface area contributed by atoms with Crippen molar-refractivity contribution in [3.8, 4) is 0 Å². The molecule has 5 rings (SSSR count). The number of benzene rings is 1. The zero-order chi connectivity index (χ0) is 21.4. The van der Waals surface area contributed by atoms with Gasteiger partial charge in [-0.25, -0.2) is 13.4 Å². The number of sulfonamides is 1. The summed E-state index contributed by atoms with van der Waals surface area (Å²) < 4.78 is 35.3. The van der Waals surface area contributed by atoms with Gasteiger partial charge in [-0.05, 0) is 63.3 Å². The number of morpholine rings is 1. The molecule has 2 aromatic rings. The van der Waals surface area contributed by atoms with Crippen LogP contribution in [0.2, 0.25) is 0 Å². The lowest BCUT2D eigenvalue weighted by atomic mass is 9.78. The van der Waals surface area contributed by atoms with E-state index in [0.29, 0.717) is 37.2 Å². The van der Waals surface area contributed by atoms with Gasteiger partial charge in [0.2, 0.25) is 10.0 Å². The number of rotatable bonds is 5. The van der Waals surface area contributed by atoms with E-state index in [-0.39, 0.29) is 0 Å². The van der Waals surface area contributed by atoms with E-state index >= 15 is 0 Å². The average molecular weight is 447 g/mol. The lowest BCUT2D eigenvalue weighted by Crippen LogP contribution is -2.46. The zero-order valence-electron chi connectivity index (χ0n) is 18.5. The van der Waals surface area contributed by atoms with Crippen LogP contribution in [-0.2, 0) is 27.8 Å². The summed E-state index contributed by atoms with van der Waals surface area (Å²) >= 11 is 0. The second kappa shape index (κ2) is 8.81. The third-order valence-corrected chi connectivity index (χ3v) is 9.32. The molecule has 0 radical (unpaired) electrons. The monoisotopic (exact) mass is 446 g/mol. The van der Waals surface area contributed by atoms with Gasteiger partial charge < -0.3 is 9.30 Å². The quantitative estimate of drug-likeness (QED) is 0.705. The maximum absolute atomic E-state index is 13.1. The van der Waals surface area contributed by atoms with Crippen molar-refractivity contribution in [2.24, 2.45) is 5.92 Å². The van der Waals surface area contributed by atoms with E-state index in [0.717, 1.165) is 42.4 Å². The first-order valence-electron chi connectivity index (χ1n) is 11.9. The van der Waals surface area contributed by atoms with Crippen molar-refractivity contribution < 1.29 is 13.2 Å². The number of nitrogens with zero attached hydrogens (tertiary/aromatic N) is 4. The first-order valence-corrected chi connectivity index (χ1v) is 13.3. The van der Waals surface area contributed by atoms with E-state index < -0.39 is 10.0 Å². The standard InChI is InChI=1S/C23H34N4O3S/c1-2-27-22-10-9-19(31(28,29)26-12-14-30-15-13-26)16-20(22)24-23(27)17-25-11-5-7-18-6-3-4-8-21(18)25/h9-10,16,18,21H,2-8,11-15,17H2,1H3/t18-,21-/m0/s1. The number of aromatic nitrogens is 2. The van der Waals surface area contributed by atoms with Gasteiger partial charge in [0.15, 0.2) is 0 Å². The summed E-state index contributed by atoms with van der Waals surface area (Å²) in [6, 6.07) is 6.12. The van der Waals surface area contributed by atoms with Crippen molar-refractivity contribution in [2.45, 2.75) is 69.5 Å². The summed E-state index contributed by atoms with van der Waals surface area (Å²) in [6.07, 6.45) is 8.03. The molecule has 0 N–H and O–H groups in total. The highest BCUT2D eigenvalue weighted by molar-refractivity contribution is 7.89. The summed E-state index contributed by atoms with van der Waals surface area (Å²) in [5, 5.41) is 0. The molecule has 2 aliphatic heterocycles. The molecular formula is C23H34N4O3S. The van der Waals surface area contributed by atoms with Gasteiger partial charge >= 0.3 is 0 Å². The third kappa shape index (κ3) is 4.03. The van der Waals surface area contributed by atoms with Gasteiger partial charge in [0.25, 0.3) is 0 Å². The van der Waals surface area contributed by atoms with Gasteiger partial charge in [0.1, 0.15) is 5.82 Å². The topological polar surface area (TPSA) is 67.7 Å². The SMILES string of the molecule is CCn1c(CN2CCC[C@@H]3CCCC[C@@H]32)nc2cc(S(=O)(=O)N3CCOCC3)ccc21. The maximum Gasteiger partial charge on any atom is 0.243 e. The molecule has 0 spiro atoms. The predicted molar refractivity (Wildman–Crippen MR) is 120 cm³/mol. The highest BCUT2D eigenvalue weighted by Crippen LogP contribution is 2.36. The van der Waals surface area contributed by atoms with Crippen LogP contribution in [0.5, 0.6) is 0 Å². The lowest BCUT2D eigenvalue weighted by Gasteiger charge is -2.44. The molecule has 3 fully saturated rings.